The number of alkyl halides is 2. The normalized spacial score (nSPS) is 19.4. The Labute approximate surface area is 144 Å². The number of rotatable bonds is 2. The number of hydrogen-bond acceptors (Lipinski definition) is 3. The Morgan fingerprint density at radius 3 is 2.75 bits per heavy atom. The van der Waals surface area contributed by atoms with Crippen LogP contribution in [0.3, 0.4) is 0 Å². The Balaban J connectivity index is 1.88. The molecular formula is C16H13BrF3N3O. The van der Waals surface area contributed by atoms with Crippen molar-refractivity contribution in [2.75, 3.05) is 31.6 Å². The summed E-state index contributed by atoms with van der Waals surface area (Å²) < 4.78 is 39.3. The zero-order chi connectivity index (χ0) is 17.2. The molecule has 126 valence electrons. The molecule has 1 aromatic heterocycles. The standard InChI is InChI=1S/C16H13BrF3N3O/c1-22-12-4-21-11-3-10(18)9(17)2-8(11)14(12)16(15(22)24)6-23(7-16)5-13(19)20/h2-4,13H,5-7H2,1H3. The molecule has 1 saturated heterocycles. The number of amides is 1. The number of likely N-dealkylation sites (tertiary alicyclic amines) is 1. The molecule has 0 aliphatic carbocycles. The van der Waals surface area contributed by atoms with E-state index in [1.807, 2.05) is 0 Å². The number of carbonyl (C=O) groups excluding carboxylic acids is 1. The average molecular weight is 400 g/mol. The van der Waals surface area contributed by atoms with E-state index >= 15 is 0 Å². The van der Waals surface area contributed by atoms with Gasteiger partial charge in [0.1, 0.15) is 11.2 Å². The highest BCUT2D eigenvalue weighted by molar-refractivity contribution is 9.10. The molecular weight excluding hydrogens is 387 g/mol. The molecule has 24 heavy (non-hydrogen) atoms. The average Bonchev–Trinajstić information content (AvgIpc) is 2.70. The van der Waals surface area contributed by atoms with Crippen molar-refractivity contribution >= 4 is 38.4 Å². The Morgan fingerprint density at radius 2 is 2.08 bits per heavy atom. The van der Waals surface area contributed by atoms with E-state index < -0.39 is 17.7 Å². The fraction of sp³-hybridized carbons (Fsp3) is 0.375. The van der Waals surface area contributed by atoms with E-state index in [1.54, 1.807) is 24.2 Å². The second kappa shape index (κ2) is 5.16. The van der Waals surface area contributed by atoms with E-state index in [0.717, 1.165) is 5.56 Å². The van der Waals surface area contributed by atoms with Gasteiger partial charge < -0.3 is 4.90 Å². The Hall–Kier alpha value is -1.67. The maximum Gasteiger partial charge on any atom is 0.251 e. The zero-order valence-electron chi connectivity index (χ0n) is 12.7. The number of aromatic nitrogens is 1. The van der Waals surface area contributed by atoms with Gasteiger partial charge in [0.15, 0.2) is 0 Å². The van der Waals surface area contributed by atoms with Crippen LogP contribution in [-0.2, 0) is 10.2 Å². The molecule has 0 bridgehead atoms. The molecule has 1 spiro atoms. The summed E-state index contributed by atoms with van der Waals surface area (Å²) in [6.45, 7) is 0.124. The fourth-order valence-corrected chi connectivity index (χ4v) is 4.15. The third kappa shape index (κ3) is 2.02. The van der Waals surface area contributed by atoms with E-state index in [4.69, 9.17) is 0 Å². The number of pyridine rings is 1. The van der Waals surface area contributed by atoms with Crippen LogP contribution in [0.5, 0.6) is 0 Å². The SMILES string of the molecule is CN1C(=O)C2(CN(CC(F)F)C2)c2c1cnc1cc(F)c(Br)cc21. The first-order chi connectivity index (χ1) is 11.3. The minimum Gasteiger partial charge on any atom is -0.313 e. The van der Waals surface area contributed by atoms with Crippen LogP contribution < -0.4 is 4.90 Å². The van der Waals surface area contributed by atoms with Crippen molar-refractivity contribution in [3.05, 3.63) is 34.2 Å². The molecule has 0 radical (unpaired) electrons. The van der Waals surface area contributed by atoms with Crippen molar-refractivity contribution in [2.24, 2.45) is 0 Å². The van der Waals surface area contributed by atoms with Gasteiger partial charge in [-0.2, -0.15) is 0 Å². The molecule has 8 heteroatoms. The highest BCUT2D eigenvalue weighted by Gasteiger charge is 2.58. The predicted octanol–water partition coefficient (Wildman–Crippen LogP) is 2.93. The molecule has 1 amide bonds. The summed E-state index contributed by atoms with van der Waals surface area (Å²) in [7, 11) is 1.65. The van der Waals surface area contributed by atoms with E-state index in [-0.39, 0.29) is 30.0 Å². The molecule has 1 fully saturated rings. The first-order valence-electron chi connectivity index (χ1n) is 7.40. The second-order valence-corrected chi connectivity index (χ2v) is 7.16. The van der Waals surface area contributed by atoms with E-state index in [9.17, 15) is 18.0 Å². The minimum absolute atomic E-state index is 0.127. The second-order valence-electron chi connectivity index (χ2n) is 6.31. The van der Waals surface area contributed by atoms with Crippen LogP contribution in [0.2, 0.25) is 0 Å². The Morgan fingerprint density at radius 1 is 1.38 bits per heavy atom. The number of fused-ring (bicyclic) bond motifs is 4. The fourth-order valence-electron chi connectivity index (χ4n) is 3.81. The smallest absolute Gasteiger partial charge is 0.251 e. The van der Waals surface area contributed by atoms with Gasteiger partial charge in [0.2, 0.25) is 5.91 Å². The Kier molecular flexibility index (Phi) is 3.41. The van der Waals surface area contributed by atoms with Crippen molar-refractivity contribution in [3.63, 3.8) is 0 Å². The van der Waals surface area contributed by atoms with E-state index in [1.165, 1.54) is 11.0 Å². The molecule has 0 atom stereocenters. The number of anilines is 1. The molecule has 2 aromatic rings. The van der Waals surface area contributed by atoms with Crippen LogP contribution in [0.15, 0.2) is 22.8 Å². The van der Waals surface area contributed by atoms with Gasteiger partial charge in [-0.1, -0.05) is 0 Å². The van der Waals surface area contributed by atoms with Crippen LogP contribution in [0.25, 0.3) is 10.9 Å². The Bertz CT molecular complexity index is 867. The molecule has 0 saturated carbocycles. The maximum atomic E-state index is 13.8. The lowest BCUT2D eigenvalue weighted by molar-refractivity contribution is -0.130. The van der Waals surface area contributed by atoms with Crippen molar-refractivity contribution in [2.45, 2.75) is 11.8 Å². The minimum atomic E-state index is -2.44. The topological polar surface area (TPSA) is 36.4 Å². The zero-order valence-corrected chi connectivity index (χ0v) is 14.3. The van der Waals surface area contributed by atoms with Gasteiger partial charge in [-0.05, 0) is 22.0 Å². The van der Waals surface area contributed by atoms with Crippen LogP contribution in [0.4, 0.5) is 18.9 Å². The monoisotopic (exact) mass is 399 g/mol. The number of halogens is 4. The summed E-state index contributed by atoms with van der Waals surface area (Å²) in [5.41, 5.74) is 1.01. The lowest BCUT2D eigenvalue weighted by Gasteiger charge is -2.46. The number of hydrogen-bond donors (Lipinski definition) is 0. The quantitative estimate of drug-likeness (QED) is 0.778. The lowest BCUT2D eigenvalue weighted by atomic mass is 9.73. The number of carbonyl (C=O) groups is 1. The predicted molar refractivity (Wildman–Crippen MR) is 86.9 cm³/mol. The molecule has 4 rings (SSSR count). The summed E-state index contributed by atoms with van der Waals surface area (Å²) in [6, 6.07) is 2.92. The van der Waals surface area contributed by atoms with Crippen molar-refractivity contribution in [3.8, 4) is 0 Å². The molecule has 2 aliphatic rings. The van der Waals surface area contributed by atoms with Gasteiger partial charge >= 0.3 is 0 Å². The molecule has 4 nitrogen and oxygen atoms in total. The first-order valence-corrected chi connectivity index (χ1v) is 8.20. The summed E-state index contributed by atoms with van der Waals surface area (Å²) in [6.07, 6.45) is -0.888. The van der Waals surface area contributed by atoms with Crippen LogP contribution in [0.1, 0.15) is 5.56 Å². The molecule has 0 N–H and O–H groups in total. The van der Waals surface area contributed by atoms with Gasteiger partial charge in [0.25, 0.3) is 6.43 Å². The molecule has 0 unspecified atom stereocenters. The third-order valence-electron chi connectivity index (χ3n) is 4.83. The highest BCUT2D eigenvalue weighted by atomic mass is 79.9. The van der Waals surface area contributed by atoms with Crippen LogP contribution >= 0.6 is 15.9 Å². The summed E-state index contributed by atoms with van der Waals surface area (Å²) >= 11 is 3.17. The van der Waals surface area contributed by atoms with Gasteiger partial charge in [-0.15, -0.1) is 0 Å². The lowest BCUT2D eigenvalue weighted by Crippen LogP contribution is -2.64. The molecule has 2 aliphatic heterocycles. The third-order valence-corrected chi connectivity index (χ3v) is 5.43. The van der Waals surface area contributed by atoms with Crippen LogP contribution in [-0.4, -0.2) is 48.9 Å². The summed E-state index contributed by atoms with van der Waals surface area (Å²) in [5, 5.41) is 0.676. The number of benzene rings is 1. The van der Waals surface area contributed by atoms with Gasteiger partial charge in [0.05, 0.1) is 28.4 Å². The van der Waals surface area contributed by atoms with E-state index in [2.05, 4.69) is 20.9 Å². The largest absolute Gasteiger partial charge is 0.313 e. The van der Waals surface area contributed by atoms with E-state index in [0.29, 0.717) is 16.6 Å². The summed E-state index contributed by atoms with van der Waals surface area (Å²) in [5.74, 6) is -0.563. The molecule has 1 aromatic carbocycles. The van der Waals surface area contributed by atoms with Crippen LogP contribution in [0, 0.1) is 5.82 Å². The van der Waals surface area contributed by atoms with Crippen molar-refractivity contribution in [1.82, 2.24) is 9.88 Å². The van der Waals surface area contributed by atoms with Gasteiger partial charge in [0, 0.05) is 37.2 Å². The molecule has 3 heterocycles. The number of nitrogens with zero attached hydrogens (tertiary/aromatic N) is 3. The first kappa shape index (κ1) is 15.8. The van der Waals surface area contributed by atoms with Crippen molar-refractivity contribution in [1.29, 1.82) is 0 Å². The maximum absolute atomic E-state index is 13.8. The van der Waals surface area contributed by atoms with Gasteiger partial charge in [-0.25, -0.2) is 13.2 Å². The van der Waals surface area contributed by atoms with Gasteiger partial charge in [-0.3, -0.25) is 14.7 Å². The summed E-state index contributed by atoms with van der Waals surface area (Å²) in [4.78, 5) is 20.1. The number of likely N-dealkylation sites (N-methyl/N-ethyl adjacent to an activating group) is 1. The highest BCUT2D eigenvalue weighted by Crippen LogP contribution is 2.49. The van der Waals surface area contributed by atoms with Crippen molar-refractivity contribution < 1.29 is 18.0 Å².